The van der Waals surface area contributed by atoms with Crippen molar-refractivity contribution in [1.29, 1.82) is 0 Å². The molecule has 0 fully saturated rings. The molecule has 0 unspecified atom stereocenters. The van der Waals surface area contributed by atoms with Gasteiger partial charge in [-0.2, -0.15) is 0 Å². The van der Waals surface area contributed by atoms with Crippen LogP contribution in [0.1, 0.15) is 6.42 Å². The lowest BCUT2D eigenvalue weighted by Crippen LogP contribution is -2.16. The van der Waals surface area contributed by atoms with E-state index in [1.807, 2.05) is 0 Å². The number of aliphatic hydroxyl groups excluding tert-OH is 1. The first kappa shape index (κ1) is 10.1. The molecule has 2 N–H and O–H groups in total. The normalized spacial score (nSPS) is 25.6. The number of rotatable bonds is 3. The lowest BCUT2D eigenvalue weighted by molar-refractivity contribution is 0.250. The van der Waals surface area contributed by atoms with Crippen LogP contribution in [0, 0.1) is 5.92 Å². The summed E-state index contributed by atoms with van der Waals surface area (Å²) in [7, 11) is 0. The van der Waals surface area contributed by atoms with Crippen molar-refractivity contribution in [3.63, 3.8) is 0 Å². The molecule has 0 aromatic carbocycles. The van der Waals surface area contributed by atoms with Gasteiger partial charge in [-0.05, 0) is 22.4 Å². The van der Waals surface area contributed by atoms with Crippen LogP contribution in [0.25, 0.3) is 0 Å². The van der Waals surface area contributed by atoms with Crippen molar-refractivity contribution in [1.82, 2.24) is 4.98 Å². The monoisotopic (exact) mass is 274 g/mol. The number of aromatic nitrogens is 1. The smallest absolute Gasteiger partial charge is 0.184 e. The molecule has 1 aliphatic rings. The van der Waals surface area contributed by atoms with Crippen LogP contribution in [0.3, 0.4) is 0 Å². The molecule has 1 aliphatic carbocycles. The molecule has 3 nitrogen and oxygen atoms in total. The van der Waals surface area contributed by atoms with E-state index in [9.17, 15) is 0 Å². The first-order valence-electron chi connectivity index (χ1n) is 4.45. The fourth-order valence-electron chi connectivity index (χ4n) is 1.50. The highest BCUT2D eigenvalue weighted by atomic mass is 79.9. The third-order valence-corrected chi connectivity index (χ3v) is 3.60. The quantitative estimate of drug-likeness (QED) is 0.832. The molecule has 0 saturated heterocycles. The van der Waals surface area contributed by atoms with Crippen molar-refractivity contribution < 1.29 is 5.11 Å². The number of halogens is 1. The second-order valence-electron chi connectivity index (χ2n) is 3.28. The number of hydrogen-bond acceptors (Lipinski definition) is 4. The standard InChI is InChI=1S/C9H11BrN2OS/c10-8-4-11-9(14-8)12-7-2-1-6(3-7)5-13/h1-2,4,6-7,13H,3,5H2,(H,11,12)/t6-,7+/m0/s1. The number of thiazole rings is 1. The summed E-state index contributed by atoms with van der Waals surface area (Å²) in [5.74, 6) is 0.302. The molecule has 1 heterocycles. The average Bonchev–Trinajstić information content (AvgIpc) is 2.76. The Kier molecular flexibility index (Phi) is 3.20. The highest BCUT2D eigenvalue weighted by Gasteiger charge is 2.18. The lowest BCUT2D eigenvalue weighted by Gasteiger charge is -2.10. The minimum Gasteiger partial charge on any atom is -0.396 e. The van der Waals surface area contributed by atoms with Crippen LogP contribution in [0.2, 0.25) is 0 Å². The SMILES string of the molecule is OC[C@H]1C=C[C@@H](Nc2ncc(Br)s2)C1. The van der Waals surface area contributed by atoms with Crippen LogP contribution >= 0.6 is 27.3 Å². The number of anilines is 1. The Morgan fingerprint density at radius 3 is 3.07 bits per heavy atom. The third-order valence-electron chi connectivity index (χ3n) is 2.19. The van der Waals surface area contributed by atoms with E-state index >= 15 is 0 Å². The van der Waals surface area contributed by atoms with Crippen LogP contribution in [0.5, 0.6) is 0 Å². The summed E-state index contributed by atoms with van der Waals surface area (Å²) >= 11 is 4.95. The van der Waals surface area contributed by atoms with Gasteiger partial charge in [-0.15, -0.1) is 0 Å². The largest absolute Gasteiger partial charge is 0.396 e. The van der Waals surface area contributed by atoms with Gasteiger partial charge in [0.15, 0.2) is 5.13 Å². The zero-order valence-corrected chi connectivity index (χ0v) is 9.88. The number of hydrogen-bond donors (Lipinski definition) is 2. The number of nitrogens with one attached hydrogen (secondary N) is 1. The van der Waals surface area contributed by atoms with E-state index in [-0.39, 0.29) is 6.61 Å². The predicted molar refractivity (Wildman–Crippen MR) is 61.6 cm³/mol. The second kappa shape index (κ2) is 4.42. The summed E-state index contributed by atoms with van der Waals surface area (Å²) in [5, 5.41) is 13.2. The van der Waals surface area contributed by atoms with Gasteiger partial charge in [0.2, 0.25) is 0 Å². The highest BCUT2D eigenvalue weighted by molar-refractivity contribution is 9.11. The van der Waals surface area contributed by atoms with Gasteiger partial charge in [-0.25, -0.2) is 4.98 Å². The van der Waals surface area contributed by atoms with E-state index < -0.39 is 0 Å². The summed E-state index contributed by atoms with van der Waals surface area (Å²) in [6.07, 6.45) is 6.89. The van der Waals surface area contributed by atoms with Crippen LogP contribution in [0.4, 0.5) is 5.13 Å². The molecule has 2 atom stereocenters. The van der Waals surface area contributed by atoms with E-state index in [1.54, 1.807) is 17.5 Å². The Morgan fingerprint density at radius 1 is 1.64 bits per heavy atom. The predicted octanol–water partition coefficient (Wildman–Crippen LogP) is 2.25. The molecule has 0 aliphatic heterocycles. The fourth-order valence-corrected chi connectivity index (χ4v) is 2.66. The molecule has 0 saturated carbocycles. The van der Waals surface area contributed by atoms with Crippen molar-refractivity contribution in [3.05, 3.63) is 22.1 Å². The van der Waals surface area contributed by atoms with Gasteiger partial charge in [-0.1, -0.05) is 23.5 Å². The maximum absolute atomic E-state index is 8.95. The van der Waals surface area contributed by atoms with Crippen LogP contribution in [-0.2, 0) is 0 Å². The molecule has 0 spiro atoms. The molecule has 1 aromatic rings. The summed E-state index contributed by atoms with van der Waals surface area (Å²) in [6.45, 7) is 0.232. The lowest BCUT2D eigenvalue weighted by atomic mass is 10.1. The van der Waals surface area contributed by atoms with Gasteiger partial charge < -0.3 is 10.4 Å². The van der Waals surface area contributed by atoms with E-state index in [1.165, 1.54) is 0 Å². The second-order valence-corrected chi connectivity index (χ2v) is 5.69. The molecule has 2 rings (SSSR count). The van der Waals surface area contributed by atoms with Crippen molar-refractivity contribution in [2.24, 2.45) is 5.92 Å². The molecular weight excluding hydrogens is 264 g/mol. The molecule has 0 bridgehead atoms. The zero-order valence-electron chi connectivity index (χ0n) is 7.48. The summed E-state index contributed by atoms with van der Waals surface area (Å²) in [5.41, 5.74) is 0. The Hall–Kier alpha value is -0.390. The van der Waals surface area contributed by atoms with Gasteiger partial charge in [0.1, 0.15) is 0 Å². The molecular formula is C9H11BrN2OS. The van der Waals surface area contributed by atoms with E-state index in [0.717, 1.165) is 15.3 Å². The highest BCUT2D eigenvalue weighted by Crippen LogP contribution is 2.26. The number of nitrogens with zero attached hydrogens (tertiary/aromatic N) is 1. The number of aliphatic hydroxyl groups is 1. The Morgan fingerprint density at radius 2 is 2.50 bits per heavy atom. The van der Waals surface area contributed by atoms with Gasteiger partial charge in [0, 0.05) is 18.6 Å². The van der Waals surface area contributed by atoms with Crippen LogP contribution in [0.15, 0.2) is 22.1 Å². The first-order valence-corrected chi connectivity index (χ1v) is 6.06. The topological polar surface area (TPSA) is 45.1 Å². The molecule has 5 heteroatoms. The summed E-state index contributed by atoms with van der Waals surface area (Å²) in [6, 6.07) is 0.310. The van der Waals surface area contributed by atoms with Crippen LogP contribution in [-0.4, -0.2) is 22.7 Å². The molecule has 76 valence electrons. The minimum absolute atomic E-state index is 0.232. The van der Waals surface area contributed by atoms with Gasteiger partial charge in [0.25, 0.3) is 0 Å². The van der Waals surface area contributed by atoms with Crippen molar-refractivity contribution in [3.8, 4) is 0 Å². The van der Waals surface area contributed by atoms with E-state index in [4.69, 9.17) is 5.11 Å². The molecule has 0 amide bonds. The Labute approximate surface area is 95.0 Å². The molecule has 1 aromatic heterocycles. The summed E-state index contributed by atoms with van der Waals surface area (Å²) in [4.78, 5) is 4.19. The molecule has 14 heavy (non-hydrogen) atoms. The van der Waals surface area contributed by atoms with Crippen LogP contribution < -0.4 is 5.32 Å². The van der Waals surface area contributed by atoms with Gasteiger partial charge >= 0.3 is 0 Å². The van der Waals surface area contributed by atoms with E-state index in [2.05, 4.69) is 38.4 Å². The third kappa shape index (κ3) is 2.34. The van der Waals surface area contributed by atoms with Gasteiger partial charge in [0.05, 0.1) is 9.98 Å². The Bertz CT molecular complexity index is 339. The summed E-state index contributed by atoms with van der Waals surface area (Å²) < 4.78 is 1.03. The van der Waals surface area contributed by atoms with E-state index in [0.29, 0.717) is 12.0 Å². The molecule has 0 radical (unpaired) electrons. The first-order chi connectivity index (χ1) is 6.78. The zero-order chi connectivity index (χ0) is 9.97. The maximum atomic E-state index is 8.95. The fraction of sp³-hybridized carbons (Fsp3) is 0.444. The average molecular weight is 275 g/mol. The van der Waals surface area contributed by atoms with Crippen molar-refractivity contribution in [2.45, 2.75) is 12.5 Å². The maximum Gasteiger partial charge on any atom is 0.184 e. The Balaban J connectivity index is 1.91. The van der Waals surface area contributed by atoms with Crippen molar-refractivity contribution >= 4 is 32.4 Å². The van der Waals surface area contributed by atoms with Gasteiger partial charge in [-0.3, -0.25) is 0 Å². The van der Waals surface area contributed by atoms with Crippen molar-refractivity contribution in [2.75, 3.05) is 11.9 Å². The minimum atomic E-state index is 0.232.